The van der Waals surface area contributed by atoms with Gasteiger partial charge in [-0.1, -0.05) is 105 Å². The third kappa shape index (κ3) is 7.51. The Labute approximate surface area is 141 Å². The van der Waals surface area contributed by atoms with Crippen molar-refractivity contribution < 1.29 is 0 Å². The Balaban J connectivity index is 2.50. The van der Waals surface area contributed by atoms with Gasteiger partial charge in [0.15, 0.2) is 0 Å². The molecule has 132 valence electrons. The molecule has 0 amide bonds. The molecular formula is C22H44. The molecule has 0 heteroatoms. The third-order valence-corrected chi connectivity index (χ3v) is 6.43. The fraction of sp³-hybridized carbons (Fsp3) is 1.00. The van der Waals surface area contributed by atoms with E-state index in [1.165, 1.54) is 77.0 Å². The molecule has 0 spiro atoms. The first-order valence-electron chi connectivity index (χ1n) is 10.7. The van der Waals surface area contributed by atoms with Gasteiger partial charge >= 0.3 is 0 Å². The molecule has 22 heavy (non-hydrogen) atoms. The molecule has 1 rings (SSSR count). The molecule has 0 aromatic carbocycles. The van der Waals surface area contributed by atoms with Gasteiger partial charge in [0.25, 0.3) is 0 Å². The Morgan fingerprint density at radius 1 is 0.682 bits per heavy atom. The van der Waals surface area contributed by atoms with E-state index in [2.05, 4.69) is 27.7 Å². The van der Waals surface area contributed by atoms with Crippen molar-refractivity contribution in [3.8, 4) is 0 Å². The molecule has 0 bridgehead atoms. The number of unbranched alkanes of at least 4 members (excludes halogenated alkanes) is 2. The number of hydrogen-bond donors (Lipinski definition) is 0. The molecule has 0 radical (unpaired) electrons. The highest BCUT2D eigenvalue weighted by Gasteiger charge is 2.28. The van der Waals surface area contributed by atoms with E-state index in [-0.39, 0.29) is 0 Å². The van der Waals surface area contributed by atoms with Gasteiger partial charge in [0.1, 0.15) is 0 Å². The second-order valence-corrected chi connectivity index (χ2v) is 8.11. The normalized spacial score (nSPS) is 25.1. The minimum atomic E-state index is 1.02. The van der Waals surface area contributed by atoms with E-state index in [9.17, 15) is 0 Å². The average Bonchev–Trinajstić information content (AvgIpc) is 2.56. The van der Waals surface area contributed by atoms with E-state index in [0.29, 0.717) is 0 Å². The van der Waals surface area contributed by atoms with E-state index < -0.39 is 0 Å². The van der Waals surface area contributed by atoms with Gasteiger partial charge in [-0.3, -0.25) is 0 Å². The van der Waals surface area contributed by atoms with Crippen LogP contribution >= 0.6 is 0 Å². The summed E-state index contributed by atoms with van der Waals surface area (Å²) in [7, 11) is 0. The molecule has 0 aromatic heterocycles. The van der Waals surface area contributed by atoms with Gasteiger partial charge < -0.3 is 0 Å². The number of rotatable bonds is 12. The summed E-state index contributed by atoms with van der Waals surface area (Å²) in [6, 6.07) is 0. The van der Waals surface area contributed by atoms with Crippen LogP contribution in [0.3, 0.4) is 0 Å². The summed E-state index contributed by atoms with van der Waals surface area (Å²) in [6.45, 7) is 9.54. The molecule has 4 unspecified atom stereocenters. The highest BCUT2D eigenvalue weighted by atomic mass is 14.3. The second kappa shape index (κ2) is 12.4. The van der Waals surface area contributed by atoms with Crippen LogP contribution in [0.5, 0.6) is 0 Å². The van der Waals surface area contributed by atoms with Crippen LogP contribution < -0.4 is 0 Å². The fourth-order valence-electron chi connectivity index (χ4n) is 4.72. The van der Waals surface area contributed by atoms with Crippen molar-refractivity contribution in [3.05, 3.63) is 0 Å². The van der Waals surface area contributed by atoms with E-state index in [0.717, 1.165) is 23.7 Å². The minimum Gasteiger partial charge on any atom is -0.0654 e. The predicted molar refractivity (Wildman–Crippen MR) is 101 cm³/mol. The zero-order chi connectivity index (χ0) is 16.2. The summed E-state index contributed by atoms with van der Waals surface area (Å²) in [5, 5.41) is 0. The fourth-order valence-corrected chi connectivity index (χ4v) is 4.72. The van der Waals surface area contributed by atoms with Crippen LogP contribution in [-0.2, 0) is 0 Å². The first-order chi connectivity index (χ1) is 10.7. The summed E-state index contributed by atoms with van der Waals surface area (Å²) in [5.74, 6) is 4.15. The molecule has 1 saturated carbocycles. The largest absolute Gasteiger partial charge is 0.0654 e. The monoisotopic (exact) mass is 308 g/mol. The Morgan fingerprint density at radius 2 is 1.09 bits per heavy atom. The first-order valence-corrected chi connectivity index (χ1v) is 10.7. The van der Waals surface area contributed by atoms with Crippen LogP contribution in [0.4, 0.5) is 0 Å². The summed E-state index contributed by atoms with van der Waals surface area (Å²) in [5.41, 5.74) is 0. The molecule has 0 aliphatic heterocycles. The van der Waals surface area contributed by atoms with Crippen LogP contribution in [0.2, 0.25) is 0 Å². The Hall–Kier alpha value is 0. The lowest BCUT2D eigenvalue weighted by Crippen LogP contribution is -2.24. The maximum absolute atomic E-state index is 2.42. The van der Waals surface area contributed by atoms with E-state index in [1.54, 1.807) is 12.8 Å². The van der Waals surface area contributed by atoms with Crippen molar-refractivity contribution in [2.75, 3.05) is 0 Å². The van der Waals surface area contributed by atoms with Crippen LogP contribution in [0.25, 0.3) is 0 Å². The standard InChI is InChI=1S/C22H44/c1-5-9-13-19(7-3)17-21-15-11-12-16-22(21)18-20(8-4)14-10-6-2/h19-22H,5-18H2,1-4H3. The van der Waals surface area contributed by atoms with Gasteiger partial charge in [-0.05, 0) is 36.5 Å². The van der Waals surface area contributed by atoms with Crippen LogP contribution in [-0.4, -0.2) is 0 Å². The Morgan fingerprint density at radius 3 is 1.41 bits per heavy atom. The summed E-state index contributed by atoms with van der Waals surface area (Å²) >= 11 is 0. The zero-order valence-electron chi connectivity index (χ0n) is 16.2. The van der Waals surface area contributed by atoms with E-state index in [1.807, 2.05) is 0 Å². The molecule has 0 heterocycles. The van der Waals surface area contributed by atoms with Gasteiger partial charge in [0.2, 0.25) is 0 Å². The van der Waals surface area contributed by atoms with Crippen LogP contribution in [0.1, 0.15) is 118 Å². The molecule has 0 saturated heterocycles. The lowest BCUT2D eigenvalue weighted by atomic mass is 9.70. The van der Waals surface area contributed by atoms with Crippen LogP contribution in [0, 0.1) is 23.7 Å². The maximum atomic E-state index is 2.42. The van der Waals surface area contributed by atoms with Crippen molar-refractivity contribution >= 4 is 0 Å². The average molecular weight is 309 g/mol. The first kappa shape index (κ1) is 20.0. The molecule has 0 aromatic rings. The smallest absolute Gasteiger partial charge is 0.0383 e. The Bertz CT molecular complexity index is 218. The summed E-state index contributed by atoms with van der Waals surface area (Å²) in [4.78, 5) is 0. The molecule has 0 nitrogen and oxygen atoms in total. The maximum Gasteiger partial charge on any atom is -0.0383 e. The lowest BCUT2D eigenvalue weighted by molar-refractivity contribution is 0.155. The second-order valence-electron chi connectivity index (χ2n) is 8.11. The van der Waals surface area contributed by atoms with E-state index >= 15 is 0 Å². The van der Waals surface area contributed by atoms with Crippen molar-refractivity contribution in [3.63, 3.8) is 0 Å². The molecule has 0 N–H and O–H groups in total. The van der Waals surface area contributed by atoms with Crippen molar-refractivity contribution in [2.45, 2.75) is 118 Å². The third-order valence-electron chi connectivity index (χ3n) is 6.43. The highest BCUT2D eigenvalue weighted by molar-refractivity contribution is 4.80. The summed E-state index contributed by atoms with van der Waals surface area (Å²) in [6.07, 6.45) is 20.6. The van der Waals surface area contributed by atoms with Crippen molar-refractivity contribution in [1.82, 2.24) is 0 Å². The van der Waals surface area contributed by atoms with Gasteiger partial charge in [-0.25, -0.2) is 0 Å². The van der Waals surface area contributed by atoms with E-state index in [4.69, 9.17) is 0 Å². The summed E-state index contributed by atoms with van der Waals surface area (Å²) < 4.78 is 0. The van der Waals surface area contributed by atoms with Gasteiger partial charge in [-0.15, -0.1) is 0 Å². The van der Waals surface area contributed by atoms with Crippen LogP contribution in [0.15, 0.2) is 0 Å². The molecular weight excluding hydrogens is 264 g/mol. The molecule has 1 aliphatic rings. The quantitative estimate of drug-likeness (QED) is 0.342. The van der Waals surface area contributed by atoms with Crippen molar-refractivity contribution in [2.24, 2.45) is 23.7 Å². The van der Waals surface area contributed by atoms with Gasteiger partial charge in [0, 0.05) is 0 Å². The number of hydrogen-bond acceptors (Lipinski definition) is 0. The molecule has 1 fully saturated rings. The SMILES string of the molecule is CCCCC(CC)CC1CCCCC1CC(CC)CCCC. The topological polar surface area (TPSA) is 0 Å². The highest BCUT2D eigenvalue weighted by Crippen LogP contribution is 2.40. The minimum absolute atomic E-state index is 1.02. The lowest BCUT2D eigenvalue weighted by Gasteiger charge is -2.36. The molecule has 1 aliphatic carbocycles. The predicted octanol–water partition coefficient (Wildman–Crippen LogP) is 8.01. The zero-order valence-corrected chi connectivity index (χ0v) is 16.2. The van der Waals surface area contributed by atoms with Gasteiger partial charge in [-0.2, -0.15) is 0 Å². The Kier molecular flexibility index (Phi) is 11.3. The van der Waals surface area contributed by atoms with Crippen molar-refractivity contribution in [1.29, 1.82) is 0 Å². The van der Waals surface area contributed by atoms with Gasteiger partial charge in [0.05, 0.1) is 0 Å². The molecule has 4 atom stereocenters.